The van der Waals surface area contributed by atoms with E-state index in [4.69, 9.17) is 5.11 Å². The molecule has 7 heteroatoms. The lowest BCUT2D eigenvalue weighted by Gasteiger charge is -2.03. The van der Waals surface area contributed by atoms with Crippen LogP contribution >= 0.6 is 0 Å². The van der Waals surface area contributed by atoms with Gasteiger partial charge in [0.25, 0.3) is 5.91 Å². The van der Waals surface area contributed by atoms with Gasteiger partial charge in [-0.2, -0.15) is 5.10 Å². The summed E-state index contributed by atoms with van der Waals surface area (Å²) < 4.78 is 1.69. The van der Waals surface area contributed by atoms with Crippen molar-refractivity contribution in [2.45, 2.75) is 13.8 Å². The lowest BCUT2D eigenvalue weighted by Crippen LogP contribution is -2.20. The monoisotopic (exact) mass is 336 g/mol. The van der Waals surface area contributed by atoms with E-state index in [1.54, 1.807) is 35.7 Å². The summed E-state index contributed by atoms with van der Waals surface area (Å²) in [6.45, 7) is 3.70. The summed E-state index contributed by atoms with van der Waals surface area (Å²) >= 11 is 0. The van der Waals surface area contributed by atoms with Gasteiger partial charge in [0.1, 0.15) is 11.3 Å². The van der Waals surface area contributed by atoms with Gasteiger partial charge in [-0.1, -0.05) is 18.2 Å². The number of hydrogen-bond acceptors (Lipinski definition) is 4. The van der Waals surface area contributed by atoms with E-state index < -0.39 is 11.9 Å². The minimum Gasteiger partial charge on any atom is -0.478 e. The molecular formula is C18H16N4O3. The van der Waals surface area contributed by atoms with Crippen LogP contribution in [-0.4, -0.2) is 32.6 Å². The van der Waals surface area contributed by atoms with E-state index in [1.165, 1.54) is 12.3 Å². The number of nitrogens with one attached hydrogen (secondary N) is 1. The summed E-state index contributed by atoms with van der Waals surface area (Å²) in [5.74, 6) is -1.47. The van der Waals surface area contributed by atoms with Crippen LogP contribution < -0.4 is 5.43 Å². The van der Waals surface area contributed by atoms with E-state index in [0.29, 0.717) is 22.6 Å². The summed E-state index contributed by atoms with van der Waals surface area (Å²) in [5, 5.41) is 13.0. The lowest BCUT2D eigenvalue weighted by atomic mass is 10.1. The number of aromatic carboxylic acids is 1. The van der Waals surface area contributed by atoms with Crippen LogP contribution in [-0.2, 0) is 0 Å². The normalized spacial score (nSPS) is 11.1. The number of fused-ring (bicyclic) bond motifs is 1. The number of carboxylic acids is 1. The van der Waals surface area contributed by atoms with Gasteiger partial charge in [-0.05, 0) is 37.6 Å². The zero-order chi connectivity index (χ0) is 18.0. The largest absolute Gasteiger partial charge is 0.478 e. The van der Waals surface area contributed by atoms with Crippen LogP contribution in [0.2, 0.25) is 0 Å². The fourth-order valence-corrected chi connectivity index (χ4v) is 2.56. The van der Waals surface area contributed by atoms with Gasteiger partial charge in [0, 0.05) is 11.8 Å². The van der Waals surface area contributed by atoms with E-state index in [0.717, 1.165) is 5.56 Å². The Morgan fingerprint density at radius 1 is 1.24 bits per heavy atom. The molecule has 3 aromatic rings. The predicted octanol–water partition coefficient (Wildman–Crippen LogP) is 2.41. The van der Waals surface area contributed by atoms with Crippen LogP contribution in [0.25, 0.3) is 5.65 Å². The number of aryl methyl sites for hydroxylation is 2. The quantitative estimate of drug-likeness (QED) is 0.565. The summed E-state index contributed by atoms with van der Waals surface area (Å²) in [7, 11) is 0. The number of rotatable bonds is 4. The van der Waals surface area contributed by atoms with Crippen molar-refractivity contribution in [1.29, 1.82) is 0 Å². The van der Waals surface area contributed by atoms with E-state index in [9.17, 15) is 9.59 Å². The molecule has 0 atom stereocenters. The van der Waals surface area contributed by atoms with Crippen LogP contribution in [0.3, 0.4) is 0 Å². The second-order valence-corrected chi connectivity index (χ2v) is 5.57. The zero-order valence-electron chi connectivity index (χ0n) is 13.7. The number of pyridine rings is 1. The SMILES string of the molecule is Cc1ccn2c(C(=O)N/N=C\c3ccccc3C(=O)O)c(C)nc2c1. The molecule has 0 bridgehead atoms. The molecule has 0 radical (unpaired) electrons. The highest BCUT2D eigenvalue weighted by molar-refractivity contribution is 5.99. The van der Waals surface area contributed by atoms with Crippen molar-refractivity contribution in [3.05, 3.63) is 70.7 Å². The maximum absolute atomic E-state index is 12.4. The zero-order valence-corrected chi connectivity index (χ0v) is 13.7. The third-order valence-electron chi connectivity index (χ3n) is 3.73. The minimum absolute atomic E-state index is 0.113. The number of nitrogens with zero attached hydrogens (tertiary/aromatic N) is 3. The Labute approximate surface area is 143 Å². The molecule has 0 aliphatic carbocycles. The Morgan fingerprint density at radius 2 is 2.00 bits per heavy atom. The van der Waals surface area contributed by atoms with Crippen LogP contribution in [0.15, 0.2) is 47.7 Å². The average Bonchev–Trinajstić information content (AvgIpc) is 2.89. The van der Waals surface area contributed by atoms with Crippen LogP contribution in [0.4, 0.5) is 0 Å². The van der Waals surface area contributed by atoms with E-state index in [1.807, 2.05) is 19.1 Å². The topological polar surface area (TPSA) is 96.1 Å². The predicted molar refractivity (Wildman–Crippen MR) is 93.1 cm³/mol. The molecule has 0 aliphatic heterocycles. The van der Waals surface area contributed by atoms with Crippen LogP contribution in [0, 0.1) is 13.8 Å². The number of aromatic nitrogens is 2. The lowest BCUT2D eigenvalue weighted by molar-refractivity contribution is 0.0696. The molecule has 0 aliphatic rings. The number of hydrazone groups is 1. The fraction of sp³-hybridized carbons (Fsp3) is 0.111. The van der Waals surface area contributed by atoms with Gasteiger partial charge in [-0.15, -0.1) is 0 Å². The highest BCUT2D eigenvalue weighted by Crippen LogP contribution is 2.13. The Bertz CT molecular complexity index is 1000. The summed E-state index contributed by atoms with van der Waals surface area (Å²) in [4.78, 5) is 28.0. The number of hydrogen-bond donors (Lipinski definition) is 2. The van der Waals surface area contributed by atoms with Crippen molar-refractivity contribution in [1.82, 2.24) is 14.8 Å². The van der Waals surface area contributed by atoms with Gasteiger partial charge in [0.15, 0.2) is 0 Å². The molecule has 2 aromatic heterocycles. The molecule has 0 unspecified atom stereocenters. The molecule has 2 N–H and O–H groups in total. The Kier molecular flexibility index (Phi) is 4.30. The summed E-state index contributed by atoms with van der Waals surface area (Å²) in [6, 6.07) is 10.2. The molecule has 7 nitrogen and oxygen atoms in total. The Hall–Kier alpha value is -3.48. The smallest absolute Gasteiger partial charge is 0.336 e. The number of carbonyl (C=O) groups is 2. The van der Waals surface area contributed by atoms with E-state index in [2.05, 4.69) is 15.5 Å². The number of carboxylic acid groups (broad SMARTS) is 1. The number of imidazole rings is 1. The molecule has 0 fully saturated rings. The molecule has 2 heterocycles. The molecule has 0 spiro atoms. The molecule has 1 aromatic carbocycles. The van der Waals surface area contributed by atoms with Crippen molar-refractivity contribution in [2.24, 2.45) is 5.10 Å². The van der Waals surface area contributed by atoms with Gasteiger partial charge in [-0.25, -0.2) is 15.2 Å². The number of carbonyl (C=O) groups excluding carboxylic acids is 1. The minimum atomic E-state index is -1.05. The van der Waals surface area contributed by atoms with Gasteiger partial charge >= 0.3 is 5.97 Å². The highest BCUT2D eigenvalue weighted by atomic mass is 16.4. The molecular weight excluding hydrogens is 320 g/mol. The Balaban J connectivity index is 1.84. The maximum Gasteiger partial charge on any atom is 0.336 e. The first-order chi connectivity index (χ1) is 12.0. The Morgan fingerprint density at radius 3 is 2.76 bits per heavy atom. The second kappa shape index (κ2) is 6.56. The van der Waals surface area contributed by atoms with Crippen molar-refractivity contribution in [3.63, 3.8) is 0 Å². The van der Waals surface area contributed by atoms with Gasteiger partial charge in [0.2, 0.25) is 0 Å². The van der Waals surface area contributed by atoms with Crippen LogP contribution in [0.5, 0.6) is 0 Å². The molecule has 3 rings (SSSR count). The molecule has 1 amide bonds. The second-order valence-electron chi connectivity index (χ2n) is 5.57. The number of benzene rings is 1. The van der Waals surface area contributed by atoms with Gasteiger partial charge < -0.3 is 5.11 Å². The standard InChI is InChI=1S/C18H16N4O3/c1-11-7-8-22-15(9-11)20-12(2)16(22)17(23)21-19-10-13-5-3-4-6-14(13)18(24)25/h3-10H,1-2H3,(H,21,23)(H,24,25)/b19-10-. The first-order valence-electron chi connectivity index (χ1n) is 7.58. The summed E-state index contributed by atoms with van der Waals surface area (Å²) in [6.07, 6.45) is 3.09. The third kappa shape index (κ3) is 3.25. The van der Waals surface area contributed by atoms with Gasteiger partial charge in [0.05, 0.1) is 17.5 Å². The first kappa shape index (κ1) is 16.4. The number of amides is 1. The van der Waals surface area contributed by atoms with Crippen molar-refractivity contribution in [2.75, 3.05) is 0 Å². The molecule has 0 saturated carbocycles. The molecule has 0 saturated heterocycles. The van der Waals surface area contributed by atoms with E-state index >= 15 is 0 Å². The summed E-state index contributed by atoms with van der Waals surface area (Å²) in [5.41, 5.74) is 5.65. The van der Waals surface area contributed by atoms with Crippen LogP contribution in [0.1, 0.15) is 37.7 Å². The van der Waals surface area contributed by atoms with Gasteiger partial charge in [-0.3, -0.25) is 9.20 Å². The highest BCUT2D eigenvalue weighted by Gasteiger charge is 2.16. The third-order valence-corrected chi connectivity index (χ3v) is 3.73. The molecule has 126 valence electrons. The van der Waals surface area contributed by atoms with Crippen molar-refractivity contribution in [3.8, 4) is 0 Å². The average molecular weight is 336 g/mol. The first-order valence-corrected chi connectivity index (χ1v) is 7.58. The fourth-order valence-electron chi connectivity index (χ4n) is 2.56. The van der Waals surface area contributed by atoms with Crippen molar-refractivity contribution >= 4 is 23.7 Å². The van der Waals surface area contributed by atoms with Crippen molar-refractivity contribution < 1.29 is 14.7 Å². The van der Waals surface area contributed by atoms with E-state index in [-0.39, 0.29) is 5.56 Å². The molecule has 25 heavy (non-hydrogen) atoms. The maximum atomic E-state index is 12.4.